The third-order valence-corrected chi connectivity index (χ3v) is 7.96. The molecule has 4 rings (SSSR count). The molecule has 2 aliphatic heterocycles. The largest absolute Gasteiger partial charge is 0.348 e. The van der Waals surface area contributed by atoms with Crippen LogP contribution in [-0.4, -0.2) is 63.4 Å². The molecule has 3 aliphatic rings. The summed E-state index contributed by atoms with van der Waals surface area (Å²) in [5.41, 5.74) is 2.25. The fourth-order valence-corrected chi connectivity index (χ4v) is 5.15. The molecule has 6 heteroatoms. The van der Waals surface area contributed by atoms with E-state index in [1.54, 1.807) is 0 Å². The predicted octanol–water partition coefficient (Wildman–Crippen LogP) is 3.03. The van der Waals surface area contributed by atoms with Crippen molar-refractivity contribution in [2.24, 2.45) is 5.92 Å². The normalized spacial score (nSPS) is 24.3. The molecule has 1 atom stereocenters. The van der Waals surface area contributed by atoms with E-state index in [4.69, 9.17) is 4.98 Å². The maximum Gasteiger partial charge on any atom is 0.226 e. The number of amides is 1. The summed E-state index contributed by atoms with van der Waals surface area (Å²) in [6, 6.07) is 0. The lowest BCUT2D eigenvalue weighted by atomic mass is 9.76. The number of H-pyrrole nitrogens is 1. The highest BCUT2D eigenvalue weighted by atomic mass is 32.2. The Morgan fingerprint density at radius 3 is 2.81 bits per heavy atom. The van der Waals surface area contributed by atoms with Crippen LogP contribution in [0.3, 0.4) is 0 Å². The smallest absolute Gasteiger partial charge is 0.226 e. The number of carbonyl (C=O) groups is 1. The molecule has 144 valence electrons. The van der Waals surface area contributed by atoms with Crippen LogP contribution in [0.1, 0.15) is 56.8 Å². The van der Waals surface area contributed by atoms with E-state index in [0.29, 0.717) is 5.91 Å². The van der Waals surface area contributed by atoms with Crippen molar-refractivity contribution in [3.63, 3.8) is 0 Å². The number of hydrogen-bond acceptors (Lipinski definition) is 4. The van der Waals surface area contributed by atoms with Crippen molar-refractivity contribution in [3.05, 3.63) is 17.7 Å². The topological polar surface area (TPSA) is 52.2 Å². The van der Waals surface area contributed by atoms with Crippen molar-refractivity contribution in [2.45, 2.75) is 62.7 Å². The molecule has 1 spiro atoms. The van der Waals surface area contributed by atoms with Crippen LogP contribution in [0.2, 0.25) is 0 Å². The number of hydrogen-bond donors (Lipinski definition) is 1. The average molecular weight is 377 g/mol. The summed E-state index contributed by atoms with van der Waals surface area (Å²) < 4.78 is 0. The van der Waals surface area contributed by atoms with Gasteiger partial charge < -0.3 is 14.8 Å². The number of nitrogens with one attached hydrogen (secondary N) is 1. The molecule has 1 aromatic rings. The van der Waals surface area contributed by atoms with E-state index in [9.17, 15) is 4.79 Å². The number of rotatable bonds is 5. The minimum absolute atomic E-state index is 0.165. The second-order valence-corrected chi connectivity index (χ2v) is 9.58. The quantitative estimate of drug-likeness (QED) is 0.858. The maximum atomic E-state index is 13.2. The van der Waals surface area contributed by atoms with Crippen LogP contribution in [-0.2, 0) is 16.8 Å². The number of fused-ring (bicyclic) bond motifs is 2. The standard InChI is InChI=1S/C20H32N4OS/c1-15(26-2)6-10-23-12-8-20(9-13-23)18-17(21-14-22-18)7-11-24(20)19(25)16-4-3-5-16/h14-16H,3-13H2,1-2H3,(H,21,22)/t15-/m0/s1. The van der Waals surface area contributed by atoms with Gasteiger partial charge in [0.15, 0.2) is 0 Å². The van der Waals surface area contributed by atoms with E-state index in [2.05, 4.69) is 28.0 Å². The lowest BCUT2D eigenvalue weighted by molar-refractivity contribution is -0.149. The van der Waals surface area contributed by atoms with Crippen LogP contribution in [0.5, 0.6) is 0 Å². The third-order valence-electron chi connectivity index (χ3n) is 6.92. The Labute approximate surface area is 161 Å². The van der Waals surface area contributed by atoms with Gasteiger partial charge in [0.2, 0.25) is 5.91 Å². The summed E-state index contributed by atoms with van der Waals surface area (Å²) >= 11 is 1.95. The van der Waals surface area contributed by atoms with Crippen LogP contribution in [0.4, 0.5) is 0 Å². The second kappa shape index (κ2) is 7.55. The highest BCUT2D eigenvalue weighted by Crippen LogP contribution is 2.44. The molecule has 0 radical (unpaired) electrons. The summed E-state index contributed by atoms with van der Waals surface area (Å²) in [6.07, 6.45) is 11.6. The van der Waals surface area contributed by atoms with E-state index in [-0.39, 0.29) is 11.5 Å². The lowest BCUT2D eigenvalue weighted by Gasteiger charge is -2.52. The Bertz CT molecular complexity index is 634. The molecule has 0 aromatic carbocycles. The van der Waals surface area contributed by atoms with Gasteiger partial charge in [-0.25, -0.2) is 4.98 Å². The van der Waals surface area contributed by atoms with Gasteiger partial charge in [-0.1, -0.05) is 13.3 Å². The Morgan fingerprint density at radius 2 is 2.15 bits per heavy atom. The summed E-state index contributed by atoms with van der Waals surface area (Å²) in [7, 11) is 0. The number of aromatic amines is 1. The average Bonchev–Trinajstić information content (AvgIpc) is 3.09. The molecule has 5 nitrogen and oxygen atoms in total. The molecule has 1 aromatic heterocycles. The van der Waals surface area contributed by atoms with Crippen LogP contribution >= 0.6 is 11.8 Å². The Hall–Kier alpha value is -1.01. The lowest BCUT2D eigenvalue weighted by Crippen LogP contribution is -2.60. The summed E-state index contributed by atoms with van der Waals surface area (Å²) in [4.78, 5) is 26.1. The second-order valence-electron chi connectivity index (χ2n) is 8.31. The molecule has 1 saturated heterocycles. The van der Waals surface area contributed by atoms with Gasteiger partial charge in [-0.15, -0.1) is 0 Å². The first-order chi connectivity index (χ1) is 12.6. The van der Waals surface area contributed by atoms with Crippen molar-refractivity contribution in [2.75, 3.05) is 32.4 Å². The van der Waals surface area contributed by atoms with Gasteiger partial charge in [0.05, 0.1) is 17.6 Å². The van der Waals surface area contributed by atoms with E-state index in [1.165, 1.54) is 25.1 Å². The van der Waals surface area contributed by atoms with Crippen LogP contribution in [0, 0.1) is 5.92 Å². The molecule has 1 saturated carbocycles. The van der Waals surface area contributed by atoms with Crippen LogP contribution in [0.15, 0.2) is 6.33 Å². The van der Waals surface area contributed by atoms with E-state index < -0.39 is 0 Å². The van der Waals surface area contributed by atoms with Gasteiger partial charge in [0.1, 0.15) is 0 Å². The Kier molecular flexibility index (Phi) is 5.33. The number of likely N-dealkylation sites (tertiary alicyclic amines) is 1. The molecule has 0 bridgehead atoms. The minimum Gasteiger partial charge on any atom is -0.348 e. The van der Waals surface area contributed by atoms with Crippen molar-refractivity contribution in [3.8, 4) is 0 Å². The van der Waals surface area contributed by atoms with E-state index >= 15 is 0 Å². The van der Waals surface area contributed by atoms with E-state index in [0.717, 1.165) is 62.7 Å². The highest BCUT2D eigenvalue weighted by Gasteiger charge is 2.50. The SMILES string of the molecule is CS[C@@H](C)CCN1CCC2(CC1)c1nc[nH]c1CCN2C(=O)C1CCC1. The fraction of sp³-hybridized carbons (Fsp3) is 0.800. The zero-order valence-corrected chi connectivity index (χ0v) is 17.0. The summed E-state index contributed by atoms with van der Waals surface area (Å²) in [5.74, 6) is 0.669. The van der Waals surface area contributed by atoms with Gasteiger partial charge in [-0.2, -0.15) is 11.8 Å². The summed E-state index contributed by atoms with van der Waals surface area (Å²) in [5, 5.41) is 0.718. The molecular formula is C20H32N4OS. The molecule has 1 aliphatic carbocycles. The number of nitrogens with zero attached hydrogens (tertiary/aromatic N) is 3. The molecule has 1 N–H and O–H groups in total. The Balaban J connectivity index is 1.51. The van der Waals surface area contributed by atoms with Crippen LogP contribution in [0.25, 0.3) is 0 Å². The van der Waals surface area contributed by atoms with Gasteiger partial charge in [0.25, 0.3) is 0 Å². The van der Waals surface area contributed by atoms with Crippen LogP contribution < -0.4 is 0 Å². The van der Waals surface area contributed by atoms with Crippen molar-refractivity contribution in [1.29, 1.82) is 0 Å². The molecule has 1 amide bonds. The van der Waals surface area contributed by atoms with Gasteiger partial charge >= 0.3 is 0 Å². The van der Waals surface area contributed by atoms with Crippen molar-refractivity contribution < 1.29 is 4.79 Å². The van der Waals surface area contributed by atoms with Gasteiger partial charge in [0, 0.05) is 42.9 Å². The maximum absolute atomic E-state index is 13.2. The zero-order chi connectivity index (χ0) is 18.1. The monoisotopic (exact) mass is 376 g/mol. The van der Waals surface area contributed by atoms with E-state index in [1.807, 2.05) is 18.1 Å². The number of piperidine rings is 1. The molecule has 26 heavy (non-hydrogen) atoms. The minimum atomic E-state index is -0.165. The first-order valence-electron chi connectivity index (χ1n) is 10.2. The first kappa shape index (κ1) is 18.4. The highest BCUT2D eigenvalue weighted by molar-refractivity contribution is 7.99. The molecule has 0 unspecified atom stereocenters. The first-order valence-corrected chi connectivity index (χ1v) is 11.5. The number of carbonyl (C=O) groups excluding carboxylic acids is 1. The fourth-order valence-electron chi connectivity index (χ4n) is 4.81. The molecular weight excluding hydrogens is 344 g/mol. The zero-order valence-electron chi connectivity index (χ0n) is 16.2. The number of aromatic nitrogens is 2. The number of thioether (sulfide) groups is 1. The van der Waals surface area contributed by atoms with Crippen molar-refractivity contribution in [1.82, 2.24) is 19.8 Å². The summed E-state index contributed by atoms with van der Waals surface area (Å²) in [6.45, 7) is 6.48. The predicted molar refractivity (Wildman–Crippen MR) is 106 cm³/mol. The third kappa shape index (κ3) is 3.19. The Morgan fingerprint density at radius 1 is 1.38 bits per heavy atom. The number of imidazole rings is 1. The van der Waals surface area contributed by atoms with Gasteiger partial charge in [-0.3, -0.25) is 4.79 Å². The van der Waals surface area contributed by atoms with Crippen molar-refractivity contribution >= 4 is 17.7 Å². The van der Waals surface area contributed by atoms with Gasteiger partial charge in [-0.05, 0) is 44.9 Å². The molecule has 2 fully saturated rings. The molecule has 3 heterocycles.